The van der Waals surface area contributed by atoms with E-state index in [0.29, 0.717) is 11.4 Å². The summed E-state index contributed by atoms with van der Waals surface area (Å²) in [6.45, 7) is 5.85. The first-order valence-electron chi connectivity index (χ1n) is 5.50. The van der Waals surface area contributed by atoms with Crippen LogP contribution < -0.4 is 5.32 Å². The zero-order chi connectivity index (χ0) is 12.2. The number of hydrogen-bond acceptors (Lipinski definition) is 2. The van der Waals surface area contributed by atoms with Crippen LogP contribution in [-0.2, 0) is 0 Å². The molecule has 90 valence electrons. The second-order valence-electron chi connectivity index (χ2n) is 4.02. The lowest BCUT2D eigenvalue weighted by Crippen LogP contribution is -2.49. The monoisotopic (exact) mass is 243 g/mol. The lowest BCUT2D eigenvalue weighted by molar-refractivity contribution is 0.0902. The Labute approximate surface area is 101 Å². The Morgan fingerprint density at radius 2 is 2.12 bits per heavy atom. The fourth-order valence-corrected chi connectivity index (χ4v) is 1.97. The summed E-state index contributed by atoms with van der Waals surface area (Å²) in [5, 5.41) is 2.98. The second kappa shape index (κ2) is 5.39. The van der Waals surface area contributed by atoms with Gasteiger partial charge in [0, 0.05) is 5.88 Å². The SMILES string of the molecule is CCC(CC)(CCl)NC(=O)c1coc(C)c1. The van der Waals surface area contributed by atoms with Crippen LogP contribution in [-0.4, -0.2) is 17.3 Å². The standard InChI is InChI=1S/C12H18ClNO2/c1-4-12(5-2,8-13)14-11(15)10-6-9(3)16-7-10/h6-7H,4-5,8H2,1-3H3,(H,14,15). The van der Waals surface area contributed by atoms with Crippen LogP contribution in [0.3, 0.4) is 0 Å². The number of hydrogen-bond donors (Lipinski definition) is 1. The van der Waals surface area contributed by atoms with Gasteiger partial charge < -0.3 is 9.73 Å². The summed E-state index contributed by atoms with van der Waals surface area (Å²) in [5.74, 6) is 1.03. The molecule has 1 rings (SSSR count). The molecule has 0 fully saturated rings. The Bertz CT molecular complexity index is 347. The highest BCUT2D eigenvalue weighted by Gasteiger charge is 2.27. The molecule has 0 aliphatic heterocycles. The summed E-state index contributed by atoms with van der Waals surface area (Å²) in [4.78, 5) is 11.9. The number of nitrogens with one attached hydrogen (secondary N) is 1. The summed E-state index contributed by atoms with van der Waals surface area (Å²) in [6.07, 6.45) is 3.10. The first-order chi connectivity index (χ1) is 7.56. The van der Waals surface area contributed by atoms with Crippen molar-refractivity contribution in [2.45, 2.75) is 39.2 Å². The Morgan fingerprint density at radius 1 is 1.50 bits per heavy atom. The molecule has 0 saturated heterocycles. The summed E-state index contributed by atoms with van der Waals surface area (Å²) in [6, 6.07) is 1.72. The lowest BCUT2D eigenvalue weighted by atomic mass is 9.95. The van der Waals surface area contributed by atoms with E-state index in [1.54, 1.807) is 6.07 Å². The number of furan rings is 1. The molecule has 0 radical (unpaired) electrons. The first kappa shape index (κ1) is 13.1. The number of amides is 1. The van der Waals surface area contributed by atoms with Crippen molar-refractivity contribution in [2.75, 3.05) is 5.88 Å². The van der Waals surface area contributed by atoms with Gasteiger partial charge in [-0.05, 0) is 25.8 Å². The van der Waals surface area contributed by atoms with Crippen LogP contribution in [0.25, 0.3) is 0 Å². The minimum absolute atomic E-state index is 0.124. The third-order valence-corrected chi connectivity index (χ3v) is 3.49. The molecule has 1 amide bonds. The molecule has 1 heterocycles. The molecule has 3 nitrogen and oxygen atoms in total. The van der Waals surface area contributed by atoms with E-state index in [0.717, 1.165) is 18.6 Å². The van der Waals surface area contributed by atoms with Crippen LogP contribution in [0, 0.1) is 6.92 Å². The lowest BCUT2D eigenvalue weighted by Gasteiger charge is -2.30. The zero-order valence-electron chi connectivity index (χ0n) is 9.97. The van der Waals surface area contributed by atoms with Crippen molar-refractivity contribution in [1.82, 2.24) is 5.32 Å². The van der Waals surface area contributed by atoms with Crippen LogP contribution in [0.2, 0.25) is 0 Å². The normalized spacial score (nSPS) is 11.5. The largest absolute Gasteiger partial charge is 0.469 e. The van der Waals surface area contributed by atoms with E-state index in [1.807, 2.05) is 20.8 Å². The van der Waals surface area contributed by atoms with Gasteiger partial charge in [0.05, 0.1) is 11.1 Å². The van der Waals surface area contributed by atoms with E-state index in [9.17, 15) is 4.79 Å². The third-order valence-electron chi connectivity index (χ3n) is 2.98. The quantitative estimate of drug-likeness (QED) is 0.808. The van der Waals surface area contributed by atoms with Gasteiger partial charge in [-0.15, -0.1) is 11.6 Å². The van der Waals surface area contributed by atoms with Gasteiger partial charge in [-0.2, -0.15) is 0 Å². The molecular weight excluding hydrogens is 226 g/mol. The number of carbonyl (C=O) groups excluding carboxylic acids is 1. The zero-order valence-corrected chi connectivity index (χ0v) is 10.7. The fourth-order valence-electron chi connectivity index (χ4n) is 1.52. The molecule has 0 aliphatic rings. The molecule has 0 aliphatic carbocycles. The second-order valence-corrected chi connectivity index (χ2v) is 4.29. The molecule has 0 unspecified atom stereocenters. The van der Waals surface area contributed by atoms with Crippen molar-refractivity contribution in [3.63, 3.8) is 0 Å². The van der Waals surface area contributed by atoms with Crippen LogP contribution in [0.1, 0.15) is 42.8 Å². The van der Waals surface area contributed by atoms with Crippen molar-refractivity contribution in [2.24, 2.45) is 0 Å². The molecule has 0 spiro atoms. The number of alkyl halides is 1. The van der Waals surface area contributed by atoms with Crippen LogP contribution in [0.15, 0.2) is 16.7 Å². The van der Waals surface area contributed by atoms with Crippen LogP contribution in [0.4, 0.5) is 0 Å². The van der Waals surface area contributed by atoms with Crippen molar-refractivity contribution < 1.29 is 9.21 Å². The van der Waals surface area contributed by atoms with Crippen molar-refractivity contribution in [1.29, 1.82) is 0 Å². The highest BCUT2D eigenvalue weighted by molar-refractivity contribution is 6.18. The molecule has 0 atom stereocenters. The minimum Gasteiger partial charge on any atom is -0.469 e. The van der Waals surface area contributed by atoms with E-state index in [4.69, 9.17) is 16.0 Å². The molecule has 4 heteroatoms. The Hall–Kier alpha value is -0.960. The summed E-state index contributed by atoms with van der Waals surface area (Å²) in [7, 11) is 0. The van der Waals surface area contributed by atoms with E-state index in [-0.39, 0.29) is 11.4 Å². The van der Waals surface area contributed by atoms with E-state index < -0.39 is 0 Å². The predicted molar refractivity (Wildman–Crippen MR) is 64.9 cm³/mol. The highest BCUT2D eigenvalue weighted by atomic mass is 35.5. The van der Waals surface area contributed by atoms with Gasteiger partial charge in [-0.25, -0.2) is 0 Å². The Kier molecular flexibility index (Phi) is 4.42. The minimum atomic E-state index is -0.316. The maximum atomic E-state index is 11.9. The smallest absolute Gasteiger partial charge is 0.255 e. The third kappa shape index (κ3) is 2.79. The summed E-state index contributed by atoms with van der Waals surface area (Å²) >= 11 is 5.92. The summed E-state index contributed by atoms with van der Waals surface area (Å²) < 4.78 is 5.11. The number of rotatable bonds is 5. The molecule has 0 bridgehead atoms. The highest BCUT2D eigenvalue weighted by Crippen LogP contribution is 2.18. The van der Waals surface area contributed by atoms with E-state index >= 15 is 0 Å². The fraction of sp³-hybridized carbons (Fsp3) is 0.583. The molecule has 0 saturated carbocycles. The number of halogens is 1. The van der Waals surface area contributed by atoms with E-state index in [2.05, 4.69) is 5.32 Å². The molecule has 0 aromatic carbocycles. The van der Waals surface area contributed by atoms with Gasteiger partial charge in [-0.1, -0.05) is 13.8 Å². The van der Waals surface area contributed by atoms with Crippen LogP contribution in [0.5, 0.6) is 0 Å². The Morgan fingerprint density at radius 3 is 2.50 bits per heavy atom. The maximum Gasteiger partial charge on any atom is 0.255 e. The molecule has 1 aromatic rings. The number of aryl methyl sites for hydroxylation is 1. The molecule has 16 heavy (non-hydrogen) atoms. The average Bonchev–Trinajstić information content (AvgIpc) is 2.73. The van der Waals surface area contributed by atoms with Crippen LogP contribution >= 0.6 is 11.6 Å². The Balaban J connectivity index is 2.76. The van der Waals surface area contributed by atoms with Gasteiger partial charge >= 0.3 is 0 Å². The average molecular weight is 244 g/mol. The van der Waals surface area contributed by atoms with E-state index in [1.165, 1.54) is 6.26 Å². The first-order valence-corrected chi connectivity index (χ1v) is 6.04. The van der Waals surface area contributed by atoms with Crippen molar-refractivity contribution >= 4 is 17.5 Å². The summed E-state index contributed by atoms with van der Waals surface area (Å²) in [5.41, 5.74) is 0.234. The van der Waals surface area contributed by atoms with Gasteiger partial charge in [0.25, 0.3) is 5.91 Å². The van der Waals surface area contributed by atoms with Gasteiger partial charge in [0.2, 0.25) is 0 Å². The van der Waals surface area contributed by atoms with Gasteiger partial charge in [0.15, 0.2) is 0 Å². The topological polar surface area (TPSA) is 42.2 Å². The van der Waals surface area contributed by atoms with Crippen molar-refractivity contribution in [3.8, 4) is 0 Å². The molecular formula is C12H18ClNO2. The maximum absolute atomic E-state index is 11.9. The molecule has 1 aromatic heterocycles. The van der Waals surface area contributed by atoms with Gasteiger partial charge in [0.1, 0.15) is 12.0 Å². The number of carbonyl (C=O) groups is 1. The molecule has 1 N–H and O–H groups in total. The predicted octanol–water partition coefficient (Wildman–Crippen LogP) is 3.12. The van der Waals surface area contributed by atoms with Crippen molar-refractivity contribution in [3.05, 3.63) is 23.7 Å². The van der Waals surface area contributed by atoms with Gasteiger partial charge in [-0.3, -0.25) is 4.79 Å².